The van der Waals surface area contributed by atoms with Gasteiger partial charge in [0.1, 0.15) is 11.5 Å². The van der Waals surface area contributed by atoms with E-state index in [1.807, 2.05) is 50.2 Å². The molecule has 0 aliphatic carbocycles. The van der Waals surface area contributed by atoms with Crippen molar-refractivity contribution in [3.63, 3.8) is 0 Å². The molecule has 0 saturated heterocycles. The molecule has 2 aromatic rings. The van der Waals surface area contributed by atoms with E-state index in [4.69, 9.17) is 9.47 Å². The molecule has 2 aromatic carbocycles. The van der Waals surface area contributed by atoms with Crippen molar-refractivity contribution in [1.82, 2.24) is 0 Å². The highest BCUT2D eigenvalue weighted by molar-refractivity contribution is 9.10. The first-order valence-corrected chi connectivity index (χ1v) is 10.3. The van der Waals surface area contributed by atoms with Gasteiger partial charge < -0.3 is 14.8 Å². The number of benzene rings is 2. The number of amides is 1. The summed E-state index contributed by atoms with van der Waals surface area (Å²) >= 11 is 3.44. The van der Waals surface area contributed by atoms with E-state index in [2.05, 4.69) is 28.2 Å². The molecular formula is C22H28BrNO3. The van der Waals surface area contributed by atoms with Gasteiger partial charge in [-0.15, -0.1) is 0 Å². The smallest absolute Gasteiger partial charge is 0.259 e. The topological polar surface area (TPSA) is 47.6 Å². The molecule has 0 heterocycles. The molecule has 0 aliphatic heterocycles. The number of carbonyl (C=O) groups excluding carboxylic acids is 1. The predicted molar refractivity (Wildman–Crippen MR) is 114 cm³/mol. The molecule has 0 atom stereocenters. The third-order valence-corrected chi connectivity index (χ3v) is 4.40. The van der Waals surface area contributed by atoms with Crippen LogP contribution in [-0.4, -0.2) is 18.6 Å². The zero-order valence-corrected chi connectivity index (χ0v) is 17.8. The van der Waals surface area contributed by atoms with Crippen molar-refractivity contribution in [2.75, 3.05) is 11.9 Å². The summed E-state index contributed by atoms with van der Waals surface area (Å²) in [6.45, 7) is 6.73. The molecule has 27 heavy (non-hydrogen) atoms. The first kappa shape index (κ1) is 21.3. The van der Waals surface area contributed by atoms with Gasteiger partial charge in [-0.1, -0.05) is 48.2 Å². The molecule has 0 aromatic heterocycles. The highest BCUT2D eigenvalue weighted by Crippen LogP contribution is 2.26. The van der Waals surface area contributed by atoms with Gasteiger partial charge in [0.25, 0.3) is 5.91 Å². The van der Waals surface area contributed by atoms with Crippen molar-refractivity contribution in [3.05, 3.63) is 52.5 Å². The summed E-state index contributed by atoms with van der Waals surface area (Å²) in [5.74, 6) is 1.12. The van der Waals surface area contributed by atoms with Crippen LogP contribution in [0.2, 0.25) is 0 Å². The third-order valence-electron chi connectivity index (χ3n) is 3.91. The lowest BCUT2D eigenvalue weighted by Gasteiger charge is -2.14. The summed E-state index contributed by atoms with van der Waals surface area (Å²) in [6, 6.07) is 12.9. The first-order chi connectivity index (χ1) is 13.0. The third kappa shape index (κ3) is 7.25. The number of nitrogens with one attached hydrogen (secondary N) is 1. The molecule has 4 nitrogen and oxygen atoms in total. The summed E-state index contributed by atoms with van der Waals surface area (Å²) in [4.78, 5) is 12.8. The Morgan fingerprint density at radius 1 is 1.11 bits per heavy atom. The van der Waals surface area contributed by atoms with Crippen LogP contribution in [0.25, 0.3) is 0 Å². The Morgan fingerprint density at radius 2 is 1.93 bits per heavy atom. The van der Waals surface area contributed by atoms with Crippen molar-refractivity contribution in [1.29, 1.82) is 0 Å². The number of ether oxygens (including phenoxy) is 2. The fourth-order valence-electron chi connectivity index (χ4n) is 2.63. The van der Waals surface area contributed by atoms with Crippen LogP contribution in [0.5, 0.6) is 11.5 Å². The molecule has 0 radical (unpaired) electrons. The minimum Gasteiger partial charge on any atom is -0.493 e. The van der Waals surface area contributed by atoms with Crippen LogP contribution >= 0.6 is 15.9 Å². The molecule has 0 unspecified atom stereocenters. The normalized spacial score (nSPS) is 10.7. The van der Waals surface area contributed by atoms with Crippen LogP contribution in [0.15, 0.2) is 46.9 Å². The average Bonchev–Trinajstić information content (AvgIpc) is 2.62. The van der Waals surface area contributed by atoms with Crippen LogP contribution in [-0.2, 0) is 0 Å². The van der Waals surface area contributed by atoms with Crippen LogP contribution < -0.4 is 14.8 Å². The standard InChI is InChI=1S/C22H28BrNO3/c1-4-5-6-7-13-26-21-12-11-17(23)14-20(21)22(25)24-18-9-8-10-19(15-18)27-16(2)3/h8-12,14-16H,4-7,13H2,1-3H3,(H,24,25). The molecule has 0 saturated carbocycles. The maximum atomic E-state index is 12.8. The predicted octanol–water partition coefficient (Wildman–Crippen LogP) is 6.45. The summed E-state index contributed by atoms with van der Waals surface area (Å²) in [7, 11) is 0. The van der Waals surface area contributed by atoms with E-state index in [0.29, 0.717) is 23.6 Å². The molecule has 5 heteroatoms. The van der Waals surface area contributed by atoms with Gasteiger partial charge in [-0.25, -0.2) is 0 Å². The highest BCUT2D eigenvalue weighted by Gasteiger charge is 2.14. The Labute approximate surface area is 170 Å². The number of carbonyl (C=O) groups is 1. The SMILES string of the molecule is CCCCCCOc1ccc(Br)cc1C(=O)Nc1cccc(OC(C)C)c1. The van der Waals surface area contributed by atoms with E-state index in [9.17, 15) is 4.79 Å². The summed E-state index contributed by atoms with van der Waals surface area (Å²) in [6.07, 6.45) is 4.59. The molecule has 1 amide bonds. The summed E-state index contributed by atoms with van der Waals surface area (Å²) < 4.78 is 12.4. The first-order valence-electron chi connectivity index (χ1n) is 9.50. The second kappa shape index (κ2) is 11.0. The Morgan fingerprint density at radius 3 is 2.67 bits per heavy atom. The average molecular weight is 434 g/mol. The van der Waals surface area contributed by atoms with Gasteiger partial charge in [0.05, 0.1) is 18.3 Å². The molecule has 2 rings (SSSR count). The Hall–Kier alpha value is -2.01. The number of rotatable bonds is 10. The zero-order chi connectivity index (χ0) is 19.6. The van der Waals surface area contributed by atoms with Crippen LogP contribution in [0, 0.1) is 0 Å². The molecule has 0 spiro atoms. The molecule has 1 N–H and O–H groups in total. The van der Waals surface area contributed by atoms with Crippen molar-refractivity contribution in [2.45, 2.75) is 52.6 Å². The van der Waals surface area contributed by atoms with E-state index in [0.717, 1.165) is 23.1 Å². The quantitative estimate of drug-likeness (QED) is 0.438. The van der Waals surface area contributed by atoms with E-state index in [-0.39, 0.29) is 12.0 Å². The molecular weight excluding hydrogens is 406 g/mol. The van der Waals surface area contributed by atoms with Crippen LogP contribution in [0.1, 0.15) is 56.8 Å². The second-order valence-corrected chi connectivity index (χ2v) is 7.61. The monoisotopic (exact) mass is 433 g/mol. The Kier molecular flexibility index (Phi) is 8.65. The second-order valence-electron chi connectivity index (χ2n) is 6.70. The van der Waals surface area contributed by atoms with Gasteiger partial charge in [-0.2, -0.15) is 0 Å². The minimum atomic E-state index is -0.207. The largest absolute Gasteiger partial charge is 0.493 e. The van der Waals surface area contributed by atoms with Gasteiger partial charge >= 0.3 is 0 Å². The van der Waals surface area contributed by atoms with E-state index in [1.54, 1.807) is 6.07 Å². The van der Waals surface area contributed by atoms with Crippen LogP contribution in [0.4, 0.5) is 5.69 Å². The molecule has 0 aliphatic rings. The number of hydrogen-bond acceptors (Lipinski definition) is 3. The number of hydrogen-bond donors (Lipinski definition) is 1. The zero-order valence-electron chi connectivity index (χ0n) is 16.3. The Bertz CT molecular complexity index is 746. The van der Waals surface area contributed by atoms with Gasteiger partial charge in [0, 0.05) is 16.2 Å². The summed E-state index contributed by atoms with van der Waals surface area (Å²) in [5, 5.41) is 2.93. The molecule has 0 fully saturated rings. The van der Waals surface area contributed by atoms with E-state index in [1.165, 1.54) is 12.8 Å². The van der Waals surface area contributed by atoms with Crippen molar-refractivity contribution < 1.29 is 14.3 Å². The van der Waals surface area contributed by atoms with Crippen LogP contribution in [0.3, 0.4) is 0 Å². The molecule has 146 valence electrons. The van der Waals surface area contributed by atoms with Crippen molar-refractivity contribution in [3.8, 4) is 11.5 Å². The summed E-state index contributed by atoms with van der Waals surface area (Å²) in [5.41, 5.74) is 1.20. The molecule has 0 bridgehead atoms. The minimum absolute atomic E-state index is 0.0775. The van der Waals surface area contributed by atoms with E-state index >= 15 is 0 Å². The fourth-order valence-corrected chi connectivity index (χ4v) is 3.00. The lowest BCUT2D eigenvalue weighted by molar-refractivity contribution is 0.102. The fraction of sp³-hybridized carbons (Fsp3) is 0.409. The number of unbranched alkanes of at least 4 members (excludes halogenated alkanes) is 3. The lowest BCUT2D eigenvalue weighted by Crippen LogP contribution is -2.14. The van der Waals surface area contributed by atoms with Crippen molar-refractivity contribution in [2.24, 2.45) is 0 Å². The maximum absolute atomic E-state index is 12.8. The maximum Gasteiger partial charge on any atom is 0.259 e. The van der Waals surface area contributed by atoms with Gasteiger partial charge in [-0.05, 0) is 50.6 Å². The van der Waals surface area contributed by atoms with Gasteiger partial charge in [0.15, 0.2) is 0 Å². The highest BCUT2D eigenvalue weighted by atomic mass is 79.9. The van der Waals surface area contributed by atoms with E-state index < -0.39 is 0 Å². The lowest BCUT2D eigenvalue weighted by atomic mass is 10.1. The van der Waals surface area contributed by atoms with Gasteiger partial charge in [-0.3, -0.25) is 4.79 Å². The Balaban J connectivity index is 2.07. The van der Waals surface area contributed by atoms with Crippen molar-refractivity contribution >= 4 is 27.5 Å². The van der Waals surface area contributed by atoms with Gasteiger partial charge in [0.2, 0.25) is 0 Å². The number of halogens is 1. The number of anilines is 1.